The van der Waals surface area contributed by atoms with Crippen molar-refractivity contribution in [3.05, 3.63) is 23.8 Å². The number of alkyl halides is 3. The summed E-state index contributed by atoms with van der Waals surface area (Å²) < 4.78 is 43.5. The van der Waals surface area contributed by atoms with Crippen LogP contribution < -0.4 is 10.1 Å². The SMILES string of the molecule is COc1ccc(N=C2NC(=O)CS2)c(C(F)(F)F)c1. The lowest BCUT2D eigenvalue weighted by atomic mass is 10.1. The van der Waals surface area contributed by atoms with E-state index in [4.69, 9.17) is 4.74 Å². The molecule has 8 heteroatoms. The summed E-state index contributed by atoms with van der Waals surface area (Å²) in [6.45, 7) is 0. The second-order valence-corrected chi connectivity index (χ2v) is 4.60. The predicted molar refractivity (Wildman–Crippen MR) is 65.7 cm³/mol. The first-order chi connectivity index (χ1) is 8.90. The highest BCUT2D eigenvalue weighted by Crippen LogP contribution is 2.38. The minimum absolute atomic E-state index is 0.0967. The fraction of sp³-hybridized carbons (Fsp3) is 0.273. The summed E-state index contributed by atoms with van der Waals surface area (Å²) in [7, 11) is 1.29. The van der Waals surface area contributed by atoms with Crippen LogP contribution in [0.4, 0.5) is 18.9 Å². The normalized spacial score (nSPS) is 17.7. The molecule has 0 unspecified atom stereocenters. The van der Waals surface area contributed by atoms with Gasteiger partial charge in [-0.25, -0.2) is 4.99 Å². The fourth-order valence-corrected chi connectivity index (χ4v) is 2.15. The van der Waals surface area contributed by atoms with Crippen molar-refractivity contribution in [2.24, 2.45) is 4.99 Å². The van der Waals surface area contributed by atoms with E-state index < -0.39 is 11.7 Å². The molecule has 0 radical (unpaired) electrons. The lowest BCUT2D eigenvalue weighted by molar-refractivity contribution is -0.137. The number of ether oxygens (including phenoxy) is 1. The van der Waals surface area contributed by atoms with Gasteiger partial charge in [0.05, 0.1) is 24.1 Å². The molecule has 19 heavy (non-hydrogen) atoms. The molecule has 1 amide bonds. The lowest BCUT2D eigenvalue weighted by Crippen LogP contribution is -2.20. The monoisotopic (exact) mass is 290 g/mol. The van der Waals surface area contributed by atoms with Gasteiger partial charge in [-0.05, 0) is 18.2 Å². The Morgan fingerprint density at radius 1 is 1.42 bits per heavy atom. The van der Waals surface area contributed by atoms with Crippen molar-refractivity contribution in [2.45, 2.75) is 6.18 Å². The predicted octanol–water partition coefficient (Wildman–Crippen LogP) is 2.56. The molecule has 2 rings (SSSR count). The number of nitrogens with zero attached hydrogens (tertiary/aromatic N) is 1. The highest BCUT2D eigenvalue weighted by Gasteiger charge is 2.34. The van der Waals surface area contributed by atoms with Gasteiger partial charge in [0.15, 0.2) is 5.17 Å². The Balaban J connectivity index is 2.42. The summed E-state index contributed by atoms with van der Waals surface area (Å²) in [6, 6.07) is 3.47. The first-order valence-electron chi connectivity index (χ1n) is 5.17. The van der Waals surface area contributed by atoms with Crippen LogP contribution in [0.5, 0.6) is 5.75 Å². The highest BCUT2D eigenvalue weighted by atomic mass is 32.2. The Morgan fingerprint density at radius 3 is 2.68 bits per heavy atom. The third kappa shape index (κ3) is 3.19. The number of halogens is 3. The number of benzene rings is 1. The molecule has 0 aliphatic carbocycles. The molecular weight excluding hydrogens is 281 g/mol. The number of nitrogens with one attached hydrogen (secondary N) is 1. The van der Waals surface area contributed by atoms with Crippen LogP contribution in [0.1, 0.15) is 5.56 Å². The number of hydrogen-bond donors (Lipinski definition) is 1. The van der Waals surface area contributed by atoms with Gasteiger partial charge in [-0.3, -0.25) is 4.79 Å². The van der Waals surface area contributed by atoms with Crippen LogP contribution >= 0.6 is 11.8 Å². The second kappa shape index (κ2) is 5.12. The van der Waals surface area contributed by atoms with Crippen molar-refractivity contribution in [1.82, 2.24) is 5.32 Å². The third-order valence-electron chi connectivity index (χ3n) is 2.32. The Labute approximate surface area is 111 Å². The number of amides is 1. The van der Waals surface area contributed by atoms with Gasteiger partial charge in [-0.15, -0.1) is 0 Å². The quantitative estimate of drug-likeness (QED) is 0.910. The summed E-state index contributed by atoms with van der Waals surface area (Å²) in [4.78, 5) is 14.8. The van der Waals surface area contributed by atoms with Gasteiger partial charge in [0.25, 0.3) is 0 Å². The fourth-order valence-electron chi connectivity index (χ4n) is 1.46. The minimum Gasteiger partial charge on any atom is -0.497 e. The summed E-state index contributed by atoms with van der Waals surface area (Å²) in [6.07, 6.45) is -4.54. The number of aliphatic imine (C=N–C) groups is 1. The molecular formula is C11H9F3N2O2S. The lowest BCUT2D eigenvalue weighted by Gasteiger charge is -2.11. The zero-order valence-electron chi connectivity index (χ0n) is 9.75. The van der Waals surface area contributed by atoms with Crippen LogP contribution in [-0.2, 0) is 11.0 Å². The van der Waals surface area contributed by atoms with E-state index in [0.29, 0.717) is 0 Å². The average molecular weight is 290 g/mol. The van der Waals surface area contributed by atoms with Gasteiger partial charge in [0.1, 0.15) is 5.75 Å². The van der Waals surface area contributed by atoms with E-state index in [2.05, 4.69) is 10.3 Å². The largest absolute Gasteiger partial charge is 0.497 e. The first-order valence-corrected chi connectivity index (χ1v) is 6.15. The van der Waals surface area contributed by atoms with Gasteiger partial charge >= 0.3 is 6.18 Å². The van der Waals surface area contributed by atoms with Crippen molar-refractivity contribution in [2.75, 3.05) is 12.9 Å². The van der Waals surface area contributed by atoms with Gasteiger partial charge in [0, 0.05) is 0 Å². The van der Waals surface area contributed by atoms with E-state index in [1.165, 1.54) is 19.2 Å². The average Bonchev–Trinajstić information content (AvgIpc) is 2.74. The van der Waals surface area contributed by atoms with Gasteiger partial charge in [0.2, 0.25) is 5.91 Å². The molecule has 1 aliphatic heterocycles. The van der Waals surface area contributed by atoms with Gasteiger partial charge in [-0.2, -0.15) is 13.2 Å². The molecule has 0 spiro atoms. The van der Waals surface area contributed by atoms with Crippen LogP contribution in [0.15, 0.2) is 23.2 Å². The maximum Gasteiger partial charge on any atom is 0.418 e. The number of rotatable bonds is 2. The number of methoxy groups -OCH3 is 1. The Morgan fingerprint density at radius 2 is 2.16 bits per heavy atom. The topological polar surface area (TPSA) is 50.7 Å². The van der Waals surface area contributed by atoms with Crippen LogP contribution in [0.2, 0.25) is 0 Å². The Bertz CT molecular complexity index is 543. The van der Waals surface area contributed by atoms with Gasteiger partial charge < -0.3 is 10.1 Å². The molecule has 0 saturated carbocycles. The van der Waals surface area contributed by atoms with E-state index in [1.54, 1.807) is 0 Å². The van der Waals surface area contributed by atoms with Crippen molar-refractivity contribution < 1.29 is 22.7 Å². The smallest absolute Gasteiger partial charge is 0.418 e. The molecule has 1 N–H and O–H groups in total. The van der Waals surface area contributed by atoms with E-state index in [9.17, 15) is 18.0 Å². The molecule has 1 heterocycles. The summed E-state index contributed by atoms with van der Waals surface area (Å²) in [5.74, 6) is -0.0127. The molecule has 102 valence electrons. The van der Waals surface area contributed by atoms with Crippen molar-refractivity contribution in [1.29, 1.82) is 0 Å². The van der Waals surface area contributed by atoms with Crippen molar-refractivity contribution >= 4 is 28.5 Å². The Kier molecular flexibility index (Phi) is 3.70. The van der Waals surface area contributed by atoms with Crippen LogP contribution in [0.25, 0.3) is 0 Å². The van der Waals surface area contributed by atoms with Crippen LogP contribution in [0.3, 0.4) is 0 Å². The first kappa shape index (κ1) is 13.7. The summed E-state index contributed by atoms with van der Waals surface area (Å²) in [5.41, 5.74) is -1.15. The third-order valence-corrected chi connectivity index (χ3v) is 3.19. The molecule has 0 bridgehead atoms. The Hall–Kier alpha value is -1.70. The molecule has 0 aromatic heterocycles. The molecule has 1 saturated heterocycles. The van der Waals surface area contributed by atoms with E-state index in [1.807, 2.05) is 0 Å². The van der Waals surface area contributed by atoms with E-state index in [-0.39, 0.29) is 28.3 Å². The standard InChI is InChI=1S/C11H9F3N2O2S/c1-18-6-2-3-8(7(4-6)11(12,13)14)15-10-16-9(17)5-19-10/h2-4H,5H2,1H3,(H,15,16,17). The van der Waals surface area contributed by atoms with E-state index in [0.717, 1.165) is 17.8 Å². The number of amidine groups is 1. The maximum absolute atomic E-state index is 12.9. The van der Waals surface area contributed by atoms with E-state index >= 15 is 0 Å². The number of hydrogen-bond acceptors (Lipinski definition) is 4. The zero-order valence-corrected chi connectivity index (χ0v) is 10.6. The van der Waals surface area contributed by atoms with Gasteiger partial charge in [-0.1, -0.05) is 11.8 Å². The molecule has 1 fully saturated rings. The molecule has 4 nitrogen and oxygen atoms in total. The van der Waals surface area contributed by atoms with Crippen molar-refractivity contribution in [3.8, 4) is 5.75 Å². The van der Waals surface area contributed by atoms with Crippen molar-refractivity contribution in [3.63, 3.8) is 0 Å². The molecule has 0 atom stereocenters. The zero-order chi connectivity index (χ0) is 14.0. The molecule has 1 aromatic rings. The number of thioether (sulfide) groups is 1. The summed E-state index contributed by atoms with van der Waals surface area (Å²) >= 11 is 1.07. The maximum atomic E-state index is 12.9. The molecule has 1 aliphatic rings. The number of carbonyl (C=O) groups excluding carboxylic acids is 1. The number of carbonyl (C=O) groups is 1. The highest BCUT2D eigenvalue weighted by molar-refractivity contribution is 8.15. The second-order valence-electron chi connectivity index (χ2n) is 3.63. The minimum atomic E-state index is -4.54. The molecule has 1 aromatic carbocycles. The van der Waals surface area contributed by atoms with Crippen LogP contribution in [-0.4, -0.2) is 23.9 Å². The summed E-state index contributed by atoms with van der Waals surface area (Å²) in [5, 5.41) is 2.55. The van der Waals surface area contributed by atoms with Crippen LogP contribution in [0, 0.1) is 0 Å².